The quantitative estimate of drug-likeness (QED) is 0.898. The van der Waals surface area contributed by atoms with Crippen molar-refractivity contribution in [3.05, 3.63) is 29.6 Å². The van der Waals surface area contributed by atoms with Gasteiger partial charge in [-0.2, -0.15) is 0 Å². The molecule has 0 spiro atoms. The first-order chi connectivity index (χ1) is 9.26. The molecule has 4 heteroatoms. The number of hydrogen-bond donors (Lipinski definition) is 1. The van der Waals surface area contributed by atoms with E-state index < -0.39 is 0 Å². The van der Waals surface area contributed by atoms with Gasteiger partial charge in [-0.15, -0.1) is 0 Å². The first-order valence-electron chi connectivity index (χ1n) is 7.10. The number of rotatable bonds is 4. The van der Waals surface area contributed by atoms with Gasteiger partial charge in [-0.25, -0.2) is 4.39 Å². The van der Waals surface area contributed by atoms with Crippen LogP contribution in [0.25, 0.3) is 0 Å². The molecule has 3 nitrogen and oxygen atoms in total. The second kappa shape index (κ2) is 5.47. The van der Waals surface area contributed by atoms with Crippen molar-refractivity contribution in [2.24, 2.45) is 11.8 Å². The van der Waals surface area contributed by atoms with Crippen LogP contribution < -0.4 is 10.1 Å². The maximum absolute atomic E-state index is 13.8. The molecule has 0 aromatic heterocycles. The number of nitrogens with zero attached hydrogens (tertiary/aromatic N) is 1. The first kappa shape index (κ1) is 12.9. The minimum atomic E-state index is -0.250. The Balaban J connectivity index is 1.62. The predicted octanol–water partition coefficient (Wildman–Crippen LogP) is 1.88. The molecule has 0 bridgehead atoms. The summed E-state index contributed by atoms with van der Waals surface area (Å²) in [6.45, 7) is 7.75. The summed E-state index contributed by atoms with van der Waals surface area (Å²) in [5, 5.41) is 3.44. The monoisotopic (exact) mass is 264 g/mol. The smallest absolute Gasteiger partial charge is 0.165 e. The van der Waals surface area contributed by atoms with E-state index in [2.05, 4.69) is 10.2 Å². The summed E-state index contributed by atoms with van der Waals surface area (Å²) in [4.78, 5) is 2.44. The summed E-state index contributed by atoms with van der Waals surface area (Å²) >= 11 is 0. The number of hydrogen-bond acceptors (Lipinski definition) is 3. The predicted molar refractivity (Wildman–Crippen MR) is 72.7 cm³/mol. The number of fused-ring (bicyclic) bond motifs is 1. The molecule has 2 atom stereocenters. The highest BCUT2D eigenvalue weighted by molar-refractivity contribution is 5.29. The lowest BCUT2D eigenvalue weighted by Gasteiger charge is -2.17. The van der Waals surface area contributed by atoms with E-state index in [1.54, 1.807) is 12.1 Å². The first-order valence-corrected chi connectivity index (χ1v) is 7.10. The topological polar surface area (TPSA) is 24.5 Å². The van der Waals surface area contributed by atoms with E-state index in [0.29, 0.717) is 12.4 Å². The summed E-state index contributed by atoms with van der Waals surface area (Å²) < 4.78 is 19.0. The molecule has 0 saturated carbocycles. The molecule has 2 heterocycles. The van der Waals surface area contributed by atoms with Crippen LogP contribution in [-0.4, -0.2) is 37.7 Å². The van der Waals surface area contributed by atoms with E-state index in [4.69, 9.17) is 4.74 Å². The molecular formula is C15H21FN2O. The Labute approximate surface area is 113 Å². The summed E-state index contributed by atoms with van der Waals surface area (Å²) in [5.74, 6) is 1.68. The molecule has 1 aromatic rings. The van der Waals surface area contributed by atoms with Gasteiger partial charge in [0.15, 0.2) is 11.6 Å². The van der Waals surface area contributed by atoms with Gasteiger partial charge in [-0.1, -0.05) is 6.07 Å². The molecule has 0 amide bonds. The lowest BCUT2D eigenvalue weighted by molar-refractivity contribution is 0.302. The second-order valence-corrected chi connectivity index (χ2v) is 5.57. The highest BCUT2D eigenvalue weighted by atomic mass is 19.1. The third-order valence-electron chi connectivity index (χ3n) is 4.17. The molecular weight excluding hydrogens is 243 g/mol. The molecule has 2 saturated heterocycles. The van der Waals surface area contributed by atoms with Crippen molar-refractivity contribution in [1.29, 1.82) is 0 Å². The lowest BCUT2D eigenvalue weighted by Crippen LogP contribution is -2.25. The minimum absolute atomic E-state index is 0.250. The van der Waals surface area contributed by atoms with Crippen molar-refractivity contribution in [2.45, 2.75) is 13.5 Å². The van der Waals surface area contributed by atoms with E-state index in [0.717, 1.165) is 50.1 Å². The molecule has 1 N–H and O–H groups in total. The Bertz CT molecular complexity index is 440. The molecule has 19 heavy (non-hydrogen) atoms. The lowest BCUT2D eigenvalue weighted by atomic mass is 10.0. The number of ether oxygens (including phenoxy) is 1. The van der Waals surface area contributed by atoms with E-state index in [-0.39, 0.29) is 5.82 Å². The largest absolute Gasteiger partial charge is 0.491 e. The van der Waals surface area contributed by atoms with Gasteiger partial charge in [0.05, 0.1) is 6.61 Å². The minimum Gasteiger partial charge on any atom is -0.491 e. The molecule has 3 rings (SSSR count). The van der Waals surface area contributed by atoms with Gasteiger partial charge in [0.25, 0.3) is 0 Å². The van der Waals surface area contributed by atoms with Crippen LogP contribution in [0.1, 0.15) is 12.5 Å². The highest BCUT2D eigenvalue weighted by Gasteiger charge is 2.35. The Morgan fingerprint density at radius 1 is 1.32 bits per heavy atom. The van der Waals surface area contributed by atoms with Crippen LogP contribution in [0.3, 0.4) is 0 Å². The molecule has 0 aliphatic carbocycles. The maximum Gasteiger partial charge on any atom is 0.165 e. The second-order valence-electron chi connectivity index (χ2n) is 5.57. The third-order valence-corrected chi connectivity index (χ3v) is 4.17. The van der Waals surface area contributed by atoms with Crippen molar-refractivity contribution < 1.29 is 9.13 Å². The highest BCUT2D eigenvalue weighted by Crippen LogP contribution is 2.28. The van der Waals surface area contributed by atoms with Crippen LogP contribution in [-0.2, 0) is 6.54 Å². The Hall–Kier alpha value is -1.13. The van der Waals surface area contributed by atoms with Crippen LogP contribution in [0.4, 0.5) is 4.39 Å². The number of likely N-dealkylation sites (tertiary alicyclic amines) is 1. The van der Waals surface area contributed by atoms with Crippen LogP contribution in [0.15, 0.2) is 18.2 Å². The number of nitrogens with one attached hydrogen (secondary N) is 1. The standard InChI is InChI=1S/C15H21FN2O/c1-2-19-15-4-3-11(5-14(15)16)8-18-9-12-6-17-7-13(12)10-18/h3-5,12-13,17H,2,6-10H2,1H3/t12-,13+. The molecule has 104 valence electrons. The summed E-state index contributed by atoms with van der Waals surface area (Å²) in [6.07, 6.45) is 0. The van der Waals surface area contributed by atoms with Crippen LogP contribution in [0, 0.1) is 17.7 Å². The van der Waals surface area contributed by atoms with Crippen LogP contribution in [0.5, 0.6) is 5.75 Å². The molecule has 2 fully saturated rings. The van der Waals surface area contributed by atoms with Gasteiger partial charge < -0.3 is 10.1 Å². The Morgan fingerprint density at radius 2 is 2.05 bits per heavy atom. The summed E-state index contributed by atoms with van der Waals surface area (Å²) in [5.41, 5.74) is 1.04. The average Bonchev–Trinajstić information content (AvgIpc) is 2.93. The zero-order chi connectivity index (χ0) is 13.2. The van der Waals surface area contributed by atoms with Gasteiger partial charge in [-0.05, 0) is 49.5 Å². The van der Waals surface area contributed by atoms with Crippen LogP contribution in [0.2, 0.25) is 0 Å². The van der Waals surface area contributed by atoms with Crippen molar-refractivity contribution in [1.82, 2.24) is 10.2 Å². The van der Waals surface area contributed by atoms with E-state index in [1.807, 2.05) is 13.0 Å². The van der Waals surface area contributed by atoms with Crippen molar-refractivity contribution in [3.63, 3.8) is 0 Å². The normalized spacial score (nSPS) is 26.6. The molecule has 0 unspecified atom stereocenters. The van der Waals surface area contributed by atoms with E-state index in [1.165, 1.54) is 0 Å². The van der Waals surface area contributed by atoms with Gasteiger partial charge >= 0.3 is 0 Å². The Morgan fingerprint density at radius 3 is 2.68 bits per heavy atom. The van der Waals surface area contributed by atoms with Gasteiger partial charge in [0.2, 0.25) is 0 Å². The van der Waals surface area contributed by atoms with Gasteiger partial charge in [0.1, 0.15) is 0 Å². The van der Waals surface area contributed by atoms with Gasteiger partial charge in [0, 0.05) is 19.6 Å². The van der Waals surface area contributed by atoms with E-state index >= 15 is 0 Å². The van der Waals surface area contributed by atoms with Crippen molar-refractivity contribution >= 4 is 0 Å². The zero-order valence-corrected chi connectivity index (χ0v) is 11.4. The molecule has 1 aromatic carbocycles. The molecule has 0 radical (unpaired) electrons. The van der Waals surface area contributed by atoms with Crippen molar-refractivity contribution in [3.8, 4) is 5.75 Å². The van der Waals surface area contributed by atoms with Gasteiger partial charge in [-0.3, -0.25) is 4.90 Å². The third kappa shape index (κ3) is 2.74. The zero-order valence-electron chi connectivity index (χ0n) is 11.4. The number of halogens is 1. The summed E-state index contributed by atoms with van der Waals surface area (Å²) in [6, 6.07) is 5.32. The molecule has 2 aliphatic rings. The molecule has 2 aliphatic heterocycles. The maximum atomic E-state index is 13.8. The fourth-order valence-electron chi connectivity index (χ4n) is 3.26. The summed E-state index contributed by atoms with van der Waals surface area (Å²) in [7, 11) is 0. The number of benzene rings is 1. The van der Waals surface area contributed by atoms with E-state index in [9.17, 15) is 4.39 Å². The fourth-order valence-corrected chi connectivity index (χ4v) is 3.26. The van der Waals surface area contributed by atoms with Crippen LogP contribution >= 0.6 is 0 Å². The average molecular weight is 264 g/mol. The Kier molecular flexibility index (Phi) is 3.71. The SMILES string of the molecule is CCOc1ccc(CN2C[C@H]3CNC[C@H]3C2)cc1F. The fraction of sp³-hybridized carbons (Fsp3) is 0.600. The van der Waals surface area contributed by atoms with Crippen molar-refractivity contribution in [2.75, 3.05) is 32.8 Å².